The largest absolute Gasteiger partial charge is 0.457 e. The molecule has 1 unspecified atom stereocenters. The second kappa shape index (κ2) is 3.57. The van der Waals surface area contributed by atoms with Crippen molar-refractivity contribution in [3.05, 3.63) is 11.1 Å². The molecule has 2 atom stereocenters. The summed E-state index contributed by atoms with van der Waals surface area (Å²) < 4.78 is 16.2. The summed E-state index contributed by atoms with van der Waals surface area (Å²) in [5, 5.41) is 0. The van der Waals surface area contributed by atoms with E-state index < -0.39 is 0 Å². The highest BCUT2D eigenvalue weighted by Crippen LogP contribution is 2.52. The topological polar surface area (TPSA) is 44.8 Å². The van der Waals surface area contributed by atoms with E-state index in [0.29, 0.717) is 19.6 Å². The highest BCUT2D eigenvalue weighted by atomic mass is 16.6. The lowest BCUT2D eigenvalue weighted by molar-refractivity contribution is -0.140. The van der Waals surface area contributed by atoms with E-state index in [1.165, 1.54) is 11.1 Å². The minimum absolute atomic E-state index is 0.0877. The lowest BCUT2D eigenvalue weighted by Gasteiger charge is -2.26. The second-order valence-electron chi connectivity index (χ2n) is 4.95. The Hall–Kier alpha value is -0.870. The summed E-state index contributed by atoms with van der Waals surface area (Å²) in [5.74, 6) is -0.0980. The molecule has 1 saturated heterocycles. The molecule has 4 nitrogen and oxygen atoms in total. The van der Waals surface area contributed by atoms with Crippen LogP contribution in [0.1, 0.15) is 19.3 Å². The second-order valence-corrected chi connectivity index (χ2v) is 4.95. The van der Waals surface area contributed by atoms with Crippen LogP contribution in [0.5, 0.6) is 0 Å². The third-order valence-electron chi connectivity index (χ3n) is 3.88. The van der Waals surface area contributed by atoms with E-state index in [1.807, 2.05) is 0 Å². The first kappa shape index (κ1) is 10.3. The fourth-order valence-electron chi connectivity index (χ4n) is 3.27. The van der Waals surface area contributed by atoms with E-state index in [2.05, 4.69) is 0 Å². The predicted octanol–water partition coefficient (Wildman–Crippen LogP) is 1.06. The summed E-state index contributed by atoms with van der Waals surface area (Å²) in [6, 6.07) is 0. The van der Waals surface area contributed by atoms with Crippen LogP contribution in [0.2, 0.25) is 0 Å². The summed E-state index contributed by atoms with van der Waals surface area (Å²) in [5.41, 5.74) is 2.50. The molecule has 0 radical (unpaired) electrons. The molecule has 0 bridgehead atoms. The molecule has 0 aromatic carbocycles. The van der Waals surface area contributed by atoms with Crippen molar-refractivity contribution < 1.29 is 19.0 Å². The Labute approximate surface area is 94.5 Å². The summed E-state index contributed by atoms with van der Waals surface area (Å²) in [7, 11) is 1.68. The Morgan fingerprint density at radius 3 is 3.19 bits per heavy atom. The molecule has 0 aromatic rings. The zero-order chi connectivity index (χ0) is 11.2. The van der Waals surface area contributed by atoms with E-state index in [4.69, 9.17) is 14.2 Å². The van der Waals surface area contributed by atoms with Crippen molar-refractivity contribution in [2.24, 2.45) is 5.41 Å². The van der Waals surface area contributed by atoms with Crippen LogP contribution in [0.15, 0.2) is 11.1 Å². The molecule has 1 fully saturated rings. The first-order valence-corrected chi connectivity index (χ1v) is 5.72. The van der Waals surface area contributed by atoms with Gasteiger partial charge in [-0.3, -0.25) is 4.79 Å². The molecule has 3 aliphatic rings. The summed E-state index contributed by atoms with van der Waals surface area (Å²) in [6.45, 7) is 2.01. The van der Waals surface area contributed by atoms with Gasteiger partial charge in [-0.2, -0.15) is 0 Å². The molecule has 2 heterocycles. The zero-order valence-corrected chi connectivity index (χ0v) is 9.45. The van der Waals surface area contributed by atoms with Crippen molar-refractivity contribution in [3.63, 3.8) is 0 Å². The number of ether oxygens (including phenoxy) is 3. The van der Waals surface area contributed by atoms with Crippen LogP contribution in [-0.4, -0.2) is 39.0 Å². The van der Waals surface area contributed by atoms with Crippen molar-refractivity contribution >= 4 is 5.97 Å². The Morgan fingerprint density at radius 2 is 2.38 bits per heavy atom. The third kappa shape index (κ3) is 1.33. The van der Waals surface area contributed by atoms with Gasteiger partial charge in [0.05, 0.1) is 26.2 Å². The number of fused-ring (bicyclic) bond motifs is 2. The van der Waals surface area contributed by atoms with Crippen molar-refractivity contribution in [1.29, 1.82) is 0 Å². The number of esters is 1. The molecule has 0 amide bonds. The molecule has 4 heteroatoms. The first-order chi connectivity index (χ1) is 7.75. The Bertz CT molecular complexity index is 360. The minimum atomic E-state index is -0.135. The van der Waals surface area contributed by atoms with Gasteiger partial charge in [0.25, 0.3) is 0 Å². The fraction of sp³-hybridized carbons (Fsp3) is 0.750. The standard InChI is InChI=1S/C12H16O4/c1-14-7-12-4-8-2-3-15-6-9(8)11(12)16-10(13)5-12/h11H,2-7H2,1H3/t11?,12-/m1/s1. The van der Waals surface area contributed by atoms with Gasteiger partial charge in [0.15, 0.2) is 0 Å². The maximum Gasteiger partial charge on any atom is 0.307 e. The number of hydrogen-bond acceptors (Lipinski definition) is 4. The van der Waals surface area contributed by atoms with Crippen LogP contribution in [0, 0.1) is 5.41 Å². The van der Waals surface area contributed by atoms with E-state index >= 15 is 0 Å². The molecular formula is C12H16O4. The third-order valence-corrected chi connectivity index (χ3v) is 3.88. The summed E-state index contributed by atoms with van der Waals surface area (Å²) >= 11 is 0. The van der Waals surface area contributed by atoms with Crippen LogP contribution in [-0.2, 0) is 19.0 Å². The van der Waals surface area contributed by atoms with E-state index in [1.54, 1.807) is 7.11 Å². The smallest absolute Gasteiger partial charge is 0.307 e. The lowest BCUT2D eigenvalue weighted by Crippen LogP contribution is -2.33. The van der Waals surface area contributed by atoms with Crippen molar-refractivity contribution in [2.45, 2.75) is 25.4 Å². The van der Waals surface area contributed by atoms with Gasteiger partial charge < -0.3 is 14.2 Å². The van der Waals surface area contributed by atoms with Gasteiger partial charge in [-0.15, -0.1) is 0 Å². The van der Waals surface area contributed by atoms with E-state index in [-0.39, 0.29) is 17.5 Å². The molecule has 16 heavy (non-hydrogen) atoms. The van der Waals surface area contributed by atoms with Crippen molar-refractivity contribution in [2.75, 3.05) is 26.9 Å². The molecule has 1 aliphatic carbocycles. The van der Waals surface area contributed by atoms with Crippen molar-refractivity contribution in [1.82, 2.24) is 0 Å². The van der Waals surface area contributed by atoms with E-state index in [9.17, 15) is 4.79 Å². The highest BCUT2D eigenvalue weighted by molar-refractivity contribution is 5.75. The Kier molecular flexibility index (Phi) is 2.30. The maximum atomic E-state index is 11.5. The molecule has 88 valence electrons. The van der Waals surface area contributed by atoms with Gasteiger partial charge in [0.2, 0.25) is 0 Å². The van der Waals surface area contributed by atoms with Gasteiger partial charge >= 0.3 is 5.97 Å². The van der Waals surface area contributed by atoms with Crippen LogP contribution in [0.4, 0.5) is 0 Å². The molecule has 0 saturated carbocycles. The van der Waals surface area contributed by atoms with Crippen LogP contribution >= 0.6 is 0 Å². The SMILES string of the molecule is COC[C@@]12CC(=O)OC1C1=C(CCOC1)C2. The Balaban J connectivity index is 1.93. The average Bonchev–Trinajstić information content (AvgIpc) is 2.69. The number of rotatable bonds is 2. The monoisotopic (exact) mass is 224 g/mol. The van der Waals surface area contributed by atoms with Gasteiger partial charge in [-0.25, -0.2) is 0 Å². The molecule has 0 spiro atoms. The summed E-state index contributed by atoms with van der Waals surface area (Å²) in [4.78, 5) is 11.5. The van der Waals surface area contributed by atoms with Crippen LogP contribution in [0.3, 0.4) is 0 Å². The minimum Gasteiger partial charge on any atom is -0.457 e. The van der Waals surface area contributed by atoms with E-state index in [0.717, 1.165) is 19.4 Å². The first-order valence-electron chi connectivity index (χ1n) is 5.72. The molecule has 3 rings (SSSR count). The van der Waals surface area contributed by atoms with Crippen LogP contribution < -0.4 is 0 Å². The number of carbonyl (C=O) groups excluding carboxylic acids is 1. The van der Waals surface area contributed by atoms with Gasteiger partial charge in [0.1, 0.15) is 6.10 Å². The molecule has 2 aliphatic heterocycles. The van der Waals surface area contributed by atoms with Crippen molar-refractivity contribution in [3.8, 4) is 0 Å². The normalized spacial score (nSPS) is 37.3. The zero-order valence-electron chi connectivity index (χ0n) is 9.45. The quantitative estimate of drug-likeness (QED) is 0.519. The molecule has 0 N–H and O–H groups in total. The number of carbonyl (C=O) groups is 1. The Morgan fingerprint density at radius 1 is 1.50 bits per heavy atom. The number of methoxy groups -OCH3 is 1. The van der Waals surface area contributed by atoms with Gasteiger partial charge in [0, 0.05) is 12.5 Å². The number of hydrogen-bond donors (Lipinski definition) is 0. The highest BCUT2D eigenvalue weighted by Gasteiger charge is 2.56. The predicted molar refractivity (Wildman–Crippen MR) is 55.9 cm³/mol. The van der Waals surface area contributed by atoms with Gasteiger partial charge in [-0.1, -0.05) is 5.57 Å². The van der Waals surface area contributed by atoms with Crippen LogP contribution in [0.25, 0.3) is 0 Å². The fourth-order valence-corrected chi connectivity index (χ4v) is 3.27. The van der Waals surface area contributed by atoms with Gasteiger partial charge in [-0.05, 0) is 18.4 Å². The summed E-state index contributed by atoms with van der Waals surface area (Å²) in [6.07, 6.45) is 2.32. The molecular weight excluding hydrogens is 208 g/mol. The molecule has 0 aromatic heterocycles. The average molecular weight is 224 g/mol. The maximum absolute atomic E-state index is 11.5. The lowest BCUT2D eigenvalue weighted by atomic mass is 9.81.